The summed E-state index contributed by atoms with van der Waals surface area (Å²) in [7, 11) is 0. The molecule has 3 aromatic rings. The van der Waals surface area contributed by atoms with Crippen LogP contribution in [0.3, 0.4) is 0 Å². The van der Waals surface area contributed by atoms with Crippen molar-refractivity contribution >= 4 is 28.8 Å². The number of hydrogen-bond donors (Lipinski definition) is 2. The zero-order valence-corrected chi connectivity index (χ0v) is 15.2. The van der Waals surface area contributed by atoms with Gasteiger partial charge in [-0.05, 0) is 24.3 Å². The van der Waals surface area contributed by atoms with Crippen LogP contribution in [-0.2, 0) is 0 Å². The fraction of sp³-hybridized carbons (Fsp3) is 0.111. The van der Waals surface area contributed by atoms with Gasteiger partial charge in [0.1, 0.15) is 29.1 Å². The van der Waals surface area contributed by atoms with Crippen LogP contribution in [0, 0.1) is 11.6 Å². The zero-order chi connectivity index (χ0) is 19.6. The summed E-state index contributed by atoms with van der Waals surface area (Å²) in [6.45, 7) is -0.339. The van der Waals surface area contributed by atoms with Crippen molar-refractivity contribution in [3.8, 4) is 17.0 Å². The molecule has 0 fully saturated rings. The van der Waals surface area contributed by atoms with Crippen molar-refractivity contribution < 1.29 is 23.4 Å². The lowest BCUT2D eigenvalue weighted by atomic mass is 10.1. The molecule has 0 spiro atoms. The highest BCUT2D eigenvalue weighted by atomic mass is 35.5. The third kappa shape index (κ3) is 4.24. The molecular formula is C18H13ClF2N2O3S. The predicted octanol–water partition coefficient (Wildman–Crippen LogP) is 3.95. The van der Waals surface area contributed by atoms with E-state index in [0.717, 1.165) is 17.7 Å². The number of hydrogen-bond acceptors (Lipinski definition) is 5. The molecular weight excluding hydrogens is 398 g/mol. The van der Waals surface area contributed by atoms with E-state index < -0.39 is 35.0 Å². The lowest BCUT2D eigenvalue weighted by Gasteiger charge is -2.12. The molecule has 1 atom stereocenters. The first-order valence-corrected chi connectivity index (χ1v) is 8.92. The molecule has 0 aliphatic rings. The summed E-state index contributed by atoms with van der Waals surface area (Å²) in [6.07, 6.45) is -1.14. The molecule has 0 saturated heterocycles. The van der Waals surface area contributed by atoms with Gasteiger partial charge in [-0.15, -0.1) is 11.3 Å². The Morgan fingerprint density at radius 3 is 2.63 bits per heavy atom. The Bertz CT molecular complexity index is 979. The number of nitrogens with zero attached hydrogens (tertiary/aromatic N) is 1. The smallest absolute Gasteiger partial charge is 0.254 e. The van der Waals surface area contributed by atoms with E-state index in [1.165, 1.54) is 11.3 Å². The van der Waals surface area contributed by atoms with Gasteiger partial charge < -0.3 is 15.6 Å². The van der Waals surface area contributed by atoms with Crippen LogP contribution in [0.5, 0.6) is 5.75 Å². The number of carbonyl (C=O) groups is 1. The van der Waals surface area contributed by atoms with E-state index >= 15 is 0 Å². The summed E-state index contributed by atoms with van der Waals surface area (Å²) >= 11 is 7.05. The average Bonchev–Trinajstić information content (AvgIpc) is 3.11. The number of thiazole rings is 1. The molecule has 1 amide bonds. The molecule has 0 bridgehead atoms. The third-order valence-corrected chi connectivity index (χ3v) is 4.84. The first-order chi connectivity index (χ1) is 12.9. The van der Waals surface area contributed by atoms with E-state index in [1.54, 1.807) is 29.6 Å². The van der Waals surface area contributed by atoms with Crippen LogP contribution in [0.2, 0.25) is 5.02 Å². The van der Waals surface area contributed by atoms with Gasteiger partial charge in [-0.25, -0.2) is 13.8 Å². The summed E-state index contributed by atoms with van der Waals surface area (Å²) in [5.41, 5.74) is 5.54. The average molecular weight is 411 g/mol. The monoisotopic (exact) mass is 410 g/mol. The van der Waals surface area contributed by atoms with Gasteiger partial charge in [-0.2, -0.15) is 0 Å². The number of halogens is 3. The molecule has 0 aliphatic carbocycles. The molecule has 1 heterocycles. The molecule has 5 nitrogen and oxygen atoms in total. The molecule has 2 aromatic carbocycles. The number of aliphatic hydroxyl groups is 1. The summed E-state index contributed by atoms with van der Waals surface area (Å²) in [6, 6.07) is 8.93. The maximum Gasteiger partial charge on any atom is 0.254 e. The van der Waals surface area contributed by atoms with Crippen molar-refractivity contribution in [2.75, 3.05) is 6.61 Å². The van der Waals surface area contributed by atoms with Crippen molar-refractivity contribution in [2.45, 2.75) is 6.10 Å². The largest absolute Gasteiger partial charge is 0.487 e. The van der Waals surface area contributed by atoms with Crippen molar-refractivity contribution in [1.29, 1.82) is 0 Å². The third-order valence-electron chi connectivity index (χ3n) is 3.65. The minimum atomic E-state index is -1.25. The van der Waals surface area contributed by atoms with Crippen LogP contribution in [0.15, 0.2) is 41.8 Å². The standard InChI is InChI=1S/C18H13ClF2N2O3S/c19-10-3-1-9(2-4-10)12-8-27-18(23-12)13(24)7-26-14-6-5-11(20)15(16(14)21)17(22)25/h1-6,8,13,24H,7H2,(H2,22,25). The van der Waals surface area contributed by atoms with E-state index in [9.17, 15) is 18.7 Å². The molecule has 0 aliphatic heterocycles. The first-order valence-electron chi connectivity index (χ1n) is 7.67. The first kappa shape index (κ1) is 19.2. The van der Waals surface area contributed by atoms with Crippen molar-refractivity contribution in [3.63, 3.8) is 0 Å². The van der Waals surface area contributed by atoms with Crippen molar-refractivity contribution in [3.05, 3.63) is 69.0 Å². The Morgan fingerprint density at radius 1 is 1.26 bits per heavy atom. The fourth-order valence-corrected chi connectivity index (χ4v) is 3.23. The molecule has 1 unspecified atom stereocenters. The van der Waals surface area contributed by atoms with Gasteiger partial charge in [0, 0.05) is 16.0 Å². The second-order valence-corrected chi connectivity index (χ2v) is 6.83. The second-order valence-electron chi connectivity index (χ2n) is 5.50. The number of amides is 1. The molecule has 140 valence electrons. The topological polar surface area (TPSA) is 85.4 Å². The molecule has 9 heteroatoms. The molecule has 3 rings (SSSR count). The molecule has 27 heavy (non-hydrogen) atoms. The molecule has 0 radical (unpaired) electrons. The normalized spacial score (nSPS) is 12.0. The van der Waals surface area contributed by atoms with Gasteiger partial charge in [0.2, 0.25) is 0 Å². The maximum atomic E-state index is 14.1. The SMILES string of the molecule is NC(=O)c1c(F)ccc(OCC(O)c2nc(-c3ccc(Cl)cc3)cs2)c1F. The number of rotatable bonds is 6. The van der Waals surface area contributed by atoms with Crippen LogP contribution >= 0.6 is 22.9 Å². The zero-order valence-electron chi connectivity index (χ0n) is 13.7. The quantitative estimate of drug-likeness (QED) is 0.644. The number of benzene rings is 2. The summed E-state index contributed by atoms with van der Waals surface area (Å²) in [4.78, 5) is 15.5. The van der Waals surface area contributed by atoms with E-state index in [-0.39, 0.29) is 6.61 Å². The van der Waals surface area contributed by atoms with Gasteiger partial charge in [-0.1, -0.05) is 23.7 Å². The van der Waals surface area contributed by atoms with Crippen molar-refractivity contribution in [1.82, 2.24) is 4.98 Å². The Labute approximate surface area is 162 Å². The van der Waals surface area contributed by atoms with Crippen LogP contribution in [-0.4, -0.2) is 22.6 Å². The highest BCUT2D eigenvalue weighted by Crippen LogP contribution is 2.28. The fourth-order valence-electron chi connectivity index (χ4n) is 2.30. The van der Waals surface area contributed by atoms with Crippen molar-refractivity contribution in [2.24, 2.45) is 5.73 Å². The van der Waals surface area contributed by atoms with E-state index in [0.29, 0.717) is 15.7 Å². The van der Waals surface area contributed by atoms with Crippen LogP contribution in [0.1, 0.15) is 21.5 Å². The van der Waals surface area contributed by atoms with E-state index in [4.69, 9.17) is 22.1 Å². The number of primary amides is 1. The van der Waals surface area contributed by atoms with Crippen LogP contribution in [0.25, 0.3) is 11.3 Å². The second kappa shape index (κ2) is 7.99. The maximum absolute atomic E-state index is 14.1. The Kier molecular flexibility index (Phi) is 5.69. The number of ether oxygens (including phenoxy) is 1. The lowest BCUT2D eigenvalue weighted by molar-refractivity contribution is 0.0982. The lowest BCUT2D eigenvalue weighted by Crippen LogP contribution is -2.17. The van der Waals surface area contributed by atoms with Gasteiger partial charge in [-0.3, -0.25) is 4.79 Å². The van der Waals surface area contributed by atoms with Crippen LogP contribution < -0.4 is 10.5 Å². The Hall–Kier alpha value is -2.55. The number of aliphatic hydroxyl groups excluding tert-OH is 1. The number of carbonyl (C=O) groups excluding carboxylic acids is 1. The van der Waals surface area contributed by atoms with Gasteiger partial charge in [0.15, 0.2) is 11.6 Å². The van der Waals surface area contributed by atoms with E-state index in [1.807, 2.05) is 0 Å². The van der Waals surface area contributed by atoms with Gasteiger partial charge in [0.25, 0.3) is 5.91 Å². The van der Waals surface area contributed by atoms with E-state index in [2.05, 4.69) is 4.98 Å². The highest BCUT2D eigenvalue weighted by molar-refractivity contribution is 7.10. The summed E-state index contributed by atoms with van der Waals surface area (Å²) in [5.74, 6) is -3.93. The molecule has 1 aromatic heterocycles. The summed E-state index contributed by atoms with van der Waals surface area (Å²) < 4.78 is 32.8. The minimum absolute atomic E-state index is 0.339. The van der Waals surface area contributed by atoms with Gasteiger partial charge >= 0.3 is 0 Å². The number of nitrogens with two attached hydrogens (primary N) is 1. The number of aromatic nitrogens is 1. The molecule has 0 saturated carbocycles. The highest BCUT2D eigenvalue weighted by Gasteiger charge is 2.21. The van der Waals surface area contributed by atoms with Gasteiger partial charge in [0.05, 0.1) is 5.69 Å². The Morgan fingerprint density at radius 2 is 1.96 bits per heavy atom. The minimum Gasteiger partial charge on any atom is -0.487 e. The summed E-state index contributed by atoms with van der Waals surface area (Å²) in [5, 5.41) is 12.9. The molecule has 3 N–H and O–H groups in total. The van der Waals surface area contributed by atoms with Crippen LogP contribution in [0.4, 0.5) is 8.78 Å². The Balaban J connectivity index is 1.72. The predicted molar refractivity (Wildman–Crippen MR) is 97.9 cm³/mol.